The minimum atomic E-state index is -0.529. The van der Waals surface area contributed by atoms with E-state index in [4.69, 9.17) is 15.7 Å². The van der Waals surface area contributed by atoms with E-state index in [0.717, 1.165) is 32.1 Å². The van der Waals surface area contributed by atoms with Crippen LogP contribution in [0.4, 0.5) is 0 Å². The van der Waals surface area contributed by atoms with E-state index in [1.54, 1.807) is 6.07 Å². The summed E-state index contributed by atoms with van der Waals surface area (Å²) in [6.45, 7) is 1.09. The van der Waals surface area contributed by atoms with Crippen LogP contribution in [0.3, 0.4) is 0 Å². The highest BCUT2D eigenvalue weighted by Crippen LogP contribution is 2.64. The molecule has 0 aromatic carbocycles. The molecule has 4 saturated carbocycles. The van der Waals surface area contributed by atoms with E-state index in [2.05, 4.69) is 15.9 Å². The summed E-state index contributed by atoms with van der Waals surface area (Å²) in [5.41, 5.74) is 5.08. The Balaban J connectivity index is 1.69. The molecule has 0 saturated heterocycles. The Bertz CT molecular complexity index is 616. The highest BCUT2D eigenvalue weighted by molar-refractivity contribution is 9.10. The molecule has 0 amide bonds. The zero-order valence-electron chi connectivity index (χ0n) is 13.2. The number of carbonyl (C=O) groups excluding carboxylic acids is 2. The summed E-state index contributed by atoms with van der Waals surface area (Å²) in [4.78, 5) is 24.7. The Morgan fingerprint density at radius 3 is 2.39 bits per heavy atom. The molecular formula is C17H21BrN2O3. The molecule has 0 spiro atoms. The second kappa shape index (κ2) is 5.62. The number of Topliss-reactive ketones (excluding diaryl/α,β-unsaturated/α-hetero) is 1. The van der Waals surface area contributed by atoms with Gasteiger partial charge in [-0.3, -0.25) is 9.59 Å². The highest BCUT2D eigenvalue weighted by Gasteiger charge is 2.60. The number of hydrogen-bond acceptors (Lipinski definition) is 5. The molecular weight excluding hydrogens is 360 g/mol. The first-order valence-corrected chi connectivity index (χ1v) is 8.82. The van der Waals surface area contributed by atoms with Gasteiger partial charge in [-0.2, -0.15) is 5.26 Å². The smallest absolute Gasteiger partial charge is 0.312 e. The van der Waals surface area contributed by atoms with Crippen LogP contribution in [0.2, 0.25) is 0 Å². The number of alkyl halides is 1. The van der Waals surface area contributed by atoms with E-state index >= 15 is 0 Å². The lowest BCUT2D eigenvalue weighted by atomic mass is 9.49. The largest absolute Gasteiger partial charge is 0.457 e. The predicted octanol–water partition coefficient (Wildman–Crippen LogP) is 2.59. The molecule has 0 aliphatic heterocycles. The van der Waals surface area contributed by atoms with Gasteiger partial charge in [0.2, 0.25) is 5.78 Å². The van der Waals surface area contributed by atoms with Crippen molar-refractivity contribution < 1.29 is 14.3 Å². The van der Waals surface area contributed by atoms with Crippen molar-refractivity contribution in [3.8, 4) is 6.07 Å². The lowest BCUT2D eigenvalue weighted by molar-refractivity contribution is -0.170. The van der Waals surface area contributed by atoms with Crippen molar-refractivity contribution in [3.63, 3.8) is 0 Å². The normalized spacial score (nSPS) is 38.7. The van der Waals surface area contributed by atoms with Gasteiger partial charge in [-0.05, 0) is 57.3 Å². The molecule has 2 N–H and O–H groups in total. The molecule has 0 radical (unpaired) electrons. The van der Waals surface area contributed by atoms with Crippen molar-refractivity contribution in [2.45, 2.75) is 49.8 Å². The van der Waals surface area contributed by atoms with Crippen LogP contribution in [0.15, 0.2) is 11.3 Å². The number of allylic oxidation sites excluding steroid dienone is 1. The zero-order chi connectivity index (χ0) is 16.8. The van der Waals surface area contributed by atoms with Crippen molar-refractivity contribution >= 4 is 27.7 Å². The predicted molar refractivity (Wildman–Crippen MR) is 87.2 cm³/mol. The molecule has 4 rings (SSSR count). The lowest BCUT2D eigenvalue weighted by Crippen LogP contribution is -2.56. The number of ketones is 1. The molecule has 5 nitrogen and oxygen atoms in total. The van der Waals surface area contributed by atoms with Crippen LogP contribution in [-0.4, -0.2) is 22.7 Å². The molecule has 4 aliphatic carbocycles. The van der Waals surface area contributed by atoms with Crippen LogP contribution in [0.1, 0.15) is 45.4 Å². The van der Waals surface area contributed by atoms with Gasteiger partial charge in [0.15, 0.2) is 6.61 Å². The Labute approximate surface area is 144 Å². The number of esters is 1. The van der Waals surface area contributed by atoms with Crippen LogP contribution in [0, 0.1) is 28.6 Å². The van der Waals surface area contributed by atoms with E-state index in [9.17, 15) is 9.59 Å². The fourth-order valence-corrected chi connectivity index (χ4v) is 6.57. The van der Waals surface area contributed by atoms with Crippen molar-refractivity contribution in [2.75, 3.05) is 6.61 Å². The van der Waals surface area contributed by atoms with E-state index < -0.39 is 17.8 Å². The second-order valence-corrected chi connectivity index (χ2v) is 9.24. The van der Waals surface area contributed by atoms with Crippen LogP contribution in [0.25, 0.3) is 0 Å². The minimum Gasteiger partial charge on any atom is -0.457 e. The molecule has 4 bridgehead atoms. The first-order valence-electron chi connectivity index (χ1n) is 8.03. The third-order valence-corrected chi connectivity index (χ3v) is 6.47. The Morgan fingerprint density at radius 2 is 1.91 bits per heavy atom. The Kier molecular flexibility index (Phi) is 4.04. The Hall–Kier alpha value is -1.35. The topological polar surface area (TPSA) is 93.2 Å². The van der Waals surface area contributed by atoms with Gasteiger partial charge in [-0.15, -0.1) is 0 Å². The number of hydrogen-bond donors (Lipinski definition) is 1. The van der Waals surface area contributed by atoms with E-state index in [-0.39, 0.29) is 21.6 Å². The van der Waals surface area contributed by atoms with Gasteiger partial charge in [-0.25, -0.2) is 0 Å². The molecule has 4 aliphatic rings. The van der Waals surface area contributed by atoms with Crippen molar-refractivity contribution in [1.29, 1.82) is 5.26 Å². The lowest BCUT2D eigenvalue weighted by Gasteiger charge is -2.58. The fourth-order valence-electron chi connectivity index (χ4n) is 5.12. The summed E-state index contributed by atoms with van der Waals surface area (Å²) >= 11 is 3.85. The molecule has 4 fully saturated rings. The minimum absolute atomic E-state index is 0.0612. The van der Waals surface area contributed by atoms with E-state index in [1.165, 1.54) is 13.3 Å². The van der Waals surface area contributed by atoms with Crippen molar-refractivity contribution in [2.24, 2.45) is 23.0 Å². The molecule has 0 heterocycles. The van der Waals surface area contributed by atoms with Crippen molar-refractivity contribution in [1.82, 2.24) is 0 Å². The van der Waals surface area contributed by atoms with Gasteiger partial charge in [0, 0.05) is 10.0 Å². The third kappa shape index (κ3) is 2.91. The maximum Gasteiger partial charge on any atom is 0.312 e. The quantitative estimate of drug-likeness (QED) is 0.350. The Morgan fingerprint density at radius 1 is 1.30 bits per heavy atom. The molecule has 23 heavy (non-hydrogen) atoms. The summed E-state index contributed by atoms with van der Waals surface area (Å²) in [7, 11) is 0. The van der Waals surface area contributed by atoms with Crippen LogP contribution < -0.4 is 5.73 Å². The third-order valence-electron chi connectivity index (χ3n) is 5.54. The van der Waals surface area contributed by atoms with Gasteiger partial charge in [0.05, 0.1) is 5.41 Å². The molecule has 0 unspecified atom stereocenters. The molecule has 2 atom stereocenters. The second-order valence-electron chi connectivity index (χ2n) is 7.56. The summed E-state index contributed by atoms with van der Waals surface area (Å²) < 4.78 is 5.38. The number of nitriles is 1. The monoisotopic (exact) mass is 380 g/mol. The molecule has 0 aromatic heterocycles. The SMILES string of the molecule is C/C(N)=C(/C#N)C(=O)COC(=O)C12C[C@H]3C[C@@H](CC(Br)(C3)C1)C2. The zero-order valence-corrected chi connectivity index (χ0v) is 14.8. The number of halogens is 1. The first-order chi connectivity index (χ1) is 10.8. The van der Waals surface area contributed by atoms with E-state index in [0.29, 0.717) is 11.8 Å². The van der Waals surface area contributed by atoms with Gasteiger partial charge in [0.25, 0.3) is 0 Å². The number of nitrogens with two attached hydrogens (primary N) is 1. The molecule has 0 aromatic rings. The maximum absolute atomic E-state index is 12.7. The van der Waals surface area contributed by atoms with Crippen LogP contribution in [-0.2, 0) is 14.3 Å². The number of rotatable bonds is 4. The van der Waals surface area contributed by atoms with Crippen LogP contribution in [0.5, 0.6) is 0 Å². The summed E-state index contributed by atoms with van der Waals surface area (Å²) in [6, 6.07) is 1.77. The van der Waals surface area contributed by atoms with Gasteiger partial charge in [-0.1, -0.05) is 15.9 Å². The van der Waals surface area contributed by atoms with Gasteiger partial charge >= 0.3 is 5.97 Å². The maximum atomic E-state index is 12.7. The summed E-state index contributed by atoms with van der Waals surface area (Å²) in [5.74, 6) is 0.328. The standard InChI is InChI=1S/C17H21BrN2O3/c1-10(20)13(7-19)14(21)8-23-15(22)16-3-11-2-12(4-16)6-17(18,5-11)9-16/h11-12H,2-6,8-9,20H2,1H3/b13-10+/t11-,12-,16?,17?/m1/s1. The summed E-state index contributed by atoms with van der Waals surface area (Å²) in [6.07, 6.45) is 5.98. The molecule has 6 heteroatoms. The average Bonchev–Trinajstić information content (AvgIpc) is 2.42. The van der Waals surface area contributed by atoms with E-state index in [1.807, 2.05) is 0 Å². The van der Waals surface area contributed by atoms with Gasteiger partial charge in [0.1, 0.15) is 11.6 Å². The van der Waals surface area contributed by atoms with Crippen molar-refractivity contribution in [3.05, 3.63) is 11.3 Å². The first kappa shape index (κ1) is 16.5. The summed E-state index contributed by atoms with van der Waals surface area (Å²) in [5, 5.41) is 8.94. The number of ether oxygens (including phenoxy) is 1. The average molecular weight is 381 g/mol. The van der Waals surface area contributed by atoms with Gasteiger partial charge < -0.3 is 10.5 Å². The highest BCUT2D eigenvalue weighted by atomic mass is 79.9. The fraction of sp³-hybridized carbons (Fsp3) is 0.706. The van der Waals surface area contributed by atoms with Crippen LogP contribution >= 0.6 is 15.9 Å². The number of carbonyl (C=O) groups is 2. The molecule has 124 valence electrons. The number of nitrogens with zero attached hydrogens (tertiary/aromatic N) is 1.